The first-order valence-electron chi connectivity index (χ1n) is 4.99. The zero-order valence-electron chi connectivity index (χ0n) is 8.75. The van der Waals surface area contributed by atoms with Gasteiger partial charge in [0, 0.05) is 0 Å². The first kappa shape index (κ1) is 11.5. The van der Waals surface area contributed by atoms with Crippen molar-refractivity contribution < 1.29 is 13.2 Å². The van der Waals surface area contributed by atoms with E-state index in [1.54, 1.807) is 18.2 Å². The molecule has 0 aliphatic heterocycles. The van der Waals surface area contributed by atoms with Crippen molar-refractivity contribution in [2.75, 3.05) is 0 Å². The highest BCUT2D eigenvalue weighted by atomic mass is 19.4. The number of fused-ring (bicyclic) bond motifs is 1. The summed E-state index contributed by atoms with van der Waals surface area (Å²) in [5, 5.41) is 9.27. The summed E-state index contributed by atoms with van der Waals surface area (Å²) in [6.07, 6.45) is -4.26. The molecule has 86 valence electrons. The summed E-state index contributed by atoms with van der Waals surface area (Å²) >= 11 is 0. The molecule has 0 aromatic heterocycles. The molecule has 1 nitrogen and oxygen atoms in total. The van der Waals surface area contributed by atoms with Gasteiger partial charge in [0.05, 0.1) is 18.1 Å². The molecule has 0 heterocycles. The fourth-order valence-electron chi connectivity index (χ4n) is 1.86. The van der Waals surface area contributed by atoms with Crippen molar-refractivity contribution >= 4 is 10.8 Å². The van der Waals surface area contributed by atoms with Crippen LogP contribution in [0.5, 0.6) is 0 Å². The van der Waals surface area contributed by atoms with Crippen LogP contribution < -0.4 is 0 Å². The first-order valence-corrected chi connectivity index (χ1v) is 4.99. The van der Waals surface area contributed by atoms with Crippen molar-refractivity contribution in [1.29, 1.82) is 5.26 Å². The Hall–Kier alpha value is -2.02. The Morgan fingerprint density at radius 3 is 2.29 bits per heavy atom. The molecule has 0 atom stereocenters. The molecule has 4 heteroatoms. The second-order valence-electron chi connectivity index (χ2n) is 3.65. The molecule has 0 saturated heterocycles. The van der Waals surface area contributed by atoms with Gasteiger partial charge in [0.2, 0.25) is 0 Å². The molecule has 0 unspecified atom stereocenters. The van der Waals surface area contributed by atoms with Crippen LogP contribution in [0.25, 0.3) is 10.8 Å². The zero-order chi connectivity index (χ0) is 12.5. The van der Waals surface area contributed by atoms with Gasteiger partial charge >= 0.3 is 6.18 Å². The van der Waals surface area contributed by atoms with Crippen LogP contribution in [0.2, 0.25) is 0 Å². The lowest BCUT2D eigenvalue weighted by atomic mass is 9.98. The third kappa shape index (κ3) is 2.09. The number of nitrogens with zero attached hydrogens (tertiary/aromatic N) is 1. The number of benzene rings is 2. The second-order valence-corrected chi connectivity index (χ2v) is 3.65. The Bertz CT molecular complexity index is 594. The van der Waals surface area contributed by atoms with Crippen molar-refractivity contribution in [3.8, 4) is 6.07 Å². The lowest BCUT2D eigenvalue weighted by Gasteiger charge is -2.11. The van der Waals surface area contributed by atoms with Gasteiger partial charge in [0.25, 0.3) is 0 Å². The maximum atomic E-state index is 12.8. The lowest BCUT2D eigenvalue weighted by molar-refractivity contribution is -0.136. The summed E-state index contributed by atoms with van der Waals surface area (Å²) in [7, 11) is 0. The number of alkyl halides is 3. The molecule has 0 N–H and O–H groups in total. The summed E-state index contributed by atoms with van der Waals surface area (Å²) in [4.78, 5) is 0. The van der Waals surface area contributed by atoms with Crippen LogP contribution in [0, 0.1) is 11.3 Å². The lowest BCUT2D eigenvalue weighted by Crippen LogP contribution is -2.05. The average molecular weight is 235 g/mol. The van der Waals surface area contributed by atoms with E-state index in [0.717, 1.165) is 6.07 Å². The highest BCUT2D eigenvalue weighted by Gasteiger charge is 2.32. The fraction of sp³-hybridized carbons (Fsp3) is 0.154. The van der Waals surface area contributed by atoms with Crippen molar-refractivity contribution in [2.24, 2.45) is 0 Å². The highest BCUT2D eigenvalue weighted by molar-refractivity contribution is 5.89. The van der Waals surface area contributed by atoms with Crippen LogP contribution in [-0.4, -0.2) is 0 Å². The van der Waals surface area contributed by atoms with Crippen molar-refractivity contribution in [3.63, 3.8) is 0 Å². The van der Waals surface area contributed by atoms with E-state index in [4.69, 9.17) is 5.26 Å². The monoisotopic (exact) mass is 235 g/mol. The Morgan fingerprint density at radius 1 is 1.00 bits per heavy atom. The quantitative estimate of drug-likeness (QED) is 0.734. The number of rotatable bonds is 1. The molecule has 2 aromatic carbocycles. The minimum Gasteiger partial charge on any atom is -0.198 e. The van der Waals surface area contributed by atoms with Gasteiger partial charge in [-0.2, -0.15) is 18.4 Å². The molecule has 2 aromatic rings. The minimum absolute atomic E-state index is 0.110. The van der Waals surface area contributed by atoms with E-state index in [1.807, 2.05) is 6.07 Å². The van der Waals surface area contributed by atoms with Crippen molar-refractivity contribution in [2.45, 2.75) is 12.6 Å². The SMILES string of the molecule is N#CCc1cccc2c(C(F)(F)F)cccc12. The molecule has 17 heavy (non-hydrogen) atoms. The predicted molar refractivity (Wildman–Crippen MR) is 58.3 cm³/mol. The Morgan fingerprint density at radius 2 is 1.65 bits per heavy atom. The average Bonchev–Trinajstić information content (AvgIpc) is 2.28. The zero-order valence-corrected chi connectivity index (χ0v) is 8.75. The van der Waals surface area contributed by atoms with Gasteiger partial charge in [-0.05, 0) is 22.4 Å². The van der Waals surface area contributed by atoms with Gasteiger partial charge in [0.15, 0.2) is 0 Å². The third-order valence-electron chi connectivity index (χ3n) is 2.59. The normalized spacial score (nSPS) is 11.4. The Kier molecular flexibility index (Phi) is 2.76. The summed E-state index contributed by atoms with van der Waals surface area (Å²) in [6, 6.07) is 10.6. The number of hydrogen-bond acceptors (Lipinski definition) is 1. The van der Waals surface area contributed by atoms with Gasteiger partial charge in [-0.1, -0.05) is 30.3 Å². The molecule has 0 aliphatic carbocycles. The van der Waals surface area contributed by atoms with Crippen LogP contribution in [0.4, 0.5) is 13.2 Å². The number of halogens is 3. The van der Waals surface area contributed by atoms with Gasteiger partial charge in [-0.15, -0.1) is 0 Å². The van der Waals surface area contributed by atoms with Gasteiger partial charge in [-0.3, -0.25) is 0 Å². The Balaban J connectivity index is 2.75. The second kappa shape index (κ2) is 4.10. The molecule has 0 spiro atoms. The number of nitriles is 1. The van der Waals surface area contributed by atoms with E-state index in [0.29, 0.717) is 10.9 Å². The van der Waals surface area contributed by atoms with E-state index in [-0.39, 0.29) is 11.8 Å². The van der Waals surface area contributed by atoms with E-state index in [1.165, 1.54) is 12.1 Å². The smallest absolute Gasteiger partial charge is 0.198 e. The summed E-state index contributed by atoms with van der Waals surface area (Å²) in [5.41, 5.74) is -0.0362. The summed E-state index contributed by atoms with van der Waals surface area (Å²) in [6.45, 7) is 0. The third-order valence-corrected chi connectivity index (χ3v) is 2.59. The highest BCUT2D eigenvalue weighted by Crippen LogP contribution is 2.35. The maximum absolute atomic E-state index is 12.8. The summed E-state index contributed by atoms with van der Waals surface area (Å²) in [5.74, 6) is 0. The van der Waals surface area contributed by atoms with Crippen LogP contribution >= 0.6 is 0 Å². The maximum Gasteiger partial charge on any atom is 0.417 e. The van der Waals surface area contributed by atoms with Gasteiger partial charge < -0.3 is 0 Å². The van der Waals surface area contributed by atoms with E-state index in [9.17, 15) is 13.2 Å². The predicted octanol–water partition coefficient (Wildman–Crippen LogP) is 3.92. The van der Waals surface area contributed by atoms with E-state index in [2.05, 4.69) is 0 Å². The first-order chi connectivity index (χ1) is 8.04. The van der Waals surface area contributed by atoms with Gasteiger partial charge in [0.1, 0.15) is 0 Å². The minimum atomic E-state index is -4.37. The topological polar surface area (TPSA) is 23.8 Å². The molecule has 0 radical (unpaired) electrons. The molecule has 0 bridgehead atoms. The largest absolute Gasteiger partial charge is 0.417 e. The summed E-state index contributed by atoms with van der Waals surface area (Å²) < 4.78 is 38.3. The van der Waals surface area contributed by atoms with Crippen molar-refractivity contribution in [3.05, 3.63) is 47.5 Å². The molecule has 0 saturated carbocycles. The van der Waals surface area contributed by atoms with Crippen LogP contribution in [0.15, 0.2) is 36.4 Å². The van der Waals surface area contributed by atoms with Crippen LogP contribution in [-0.2, 0) is 12.6 Å². The van der Waals surface area contributed by atoms with Gasteiger partial charge in [-0.25, -0.2) is 0 Å². The van der Waals surface area contributed by atoms with Crippen LogP contribution in [0.1, 0.15) is 11.1 Å². The van der Waals surface area contributed by atoms with Crippen LogP contribution in [0.3, 0.4) is 0 Å². The molecule has 2 rings (SSSR count). The number of hydrogen-bond donors (Lipinski definition) is 0. The van der Waals surface area contributed by atoms with E-state index < -0.39 is 11.7 Å². The molecular formula is C13H8F3N. The fourth-order valence-corrected chi connectivity index (χ4v) is 1.86. The molecule has 0 aliphatic rings. The van der Waals surface area contributed by atoms with E-state index >= 15 is 0 Å². The molecular weight excluding hydrogens is 227 g/mol. The Labute approximate surface area is 96.1 Å². The molecule has 0 fully saturated rings. The standard InChI is InChI=1S/C13H8F3N/c14-13(15,16)12-6-2-4-10-9(7-8-17)3-1-5-11(10)12/h1-6H,7H2. The molecule has 0 amide bonds. The van der Waals surface area contributed by atoms with Crippen molar-refractivity contribution in [1.82, 2.24) is 0 Å².